The monoisotopic (exact) mass is 300 g/mol. The van der Waals surface area contributed by atoms with Crippen molar-refractivity contribution in [2.75, 3.05) is 6.54 Å². The highest BCUT2D eigenvalue weighted by atomic mass is 79.9. The molecule has 1 fully saturated rings. The van der Waals surface area contributed by atoms with Gasteiger partial charge in [-0.15, -0.1) is 0 Å². The third kappa shape index (κ3) is 2.21. The number of carbonyl (C=O) groups excluding carboxylic acids is 1. The normalized spacial score (nSPS) is 24.5. The number of benzene rings is 1. The first kappa shape index (κ1) is 12.5. The van der Waals surface area contributed by atoms with Crippen molar-refractivity contribution in [3.05, 3.63) is 34.1 Å². The van der Waals surface area contributed by atoms with Crippen molar-refractivity contribution in [3.8, 4) is 0 Å². The Bertz CT molecular complexity index is 452. The van der Waals surface area contributed by atoms with Crippen LogP contribution in [0.25, 0.3) is 0 Å². The quantitative estimate of drug-likeness (QED) is 0.910. The Morgan fingerprint density at radius 3 is 2.88 bits per heavy atom. The minimum atomic E-state index is -0.310. The Morgan fingerprint density at radius 2 is 2.29 bits per heavy atom. The Labute approximate surface area is 108 Å². The van der Waals surface area contributed by atoms with E-state index in [1.54, 1.807) is 17.0 Å². The van der Waals surface area contributed by atoms with Gasteiger partial charge in [-0.1, -0.05) is 6.07 Å². The van der Waals surface area contributed by atoms with Crippen LogP contribution in [-0.2, 0) is 4.79 Å². The van der Waals surface area contributed by atoms with E-state index < -0.39 is 0 Å². The summed E-state index contributed by atoms with van der Waals surface area (Å²) >= 11 is 3.15. The van der Waals surface area contributed by atoms with Crippen LogP contribution in [0, 0.1) is 5.82 Å². The van der Waals surface area contributed by atoms with Crippen molar-refractivity contribution in [1.29, 1.82) is 0 Å². The largest absolute Gasteiger partial charge is 0.334 e. The fourth-order valence-corrected chi connectivity index (χ4v) is 2.71. The van der Waals surface area contributed by atoms with Gasteiger partial charge in [-0.05, 0) is 40.5 Å². The molecule has 2 rings (SSSR count). The molecule has 1 aromatic carbocycles. The maximum Gasteiger partial charge on any atom is 0.224 e. The molecule has 1 saturated heterocycles. The molecule has 0 radical (unpaired) electrons. The van der Waals surface area contributed by atoms with Gasteiger partial charge in [-0.3, -0.25) is 4.79 Å². The number of nitrogens with zero attached hydrogens (tertiary/aromatic N) is 1. The molecule has 1 aromatic rings. The summed E-state index contributed by atoms with van der Waals surface area (Å²) in [5.74, 6) is -0.250. The van der Waals surface area contributed by atoms with Gasteiger partial charge in [0.05, 0.1) is 10.5 Å². The van der Waals surface area contributed by atoms with Crippen molar-refractivity contribution >= 4 is 21.8 Å². The van der Waals surface area contributed by atoms with E-state index in [-0.39, 0.29) is 23.8 Å². The van der Waals surface area contributed by atoms with Crippen LogP contribution in [0.5, 0.6) is 0 Å². The number of hydrogen-bond donors (Lipinski definition) is 1. The first-order valence-corrected chi connectivity index (χ1v) is 6.34. The molecule has 1 aliphatic heterocycles. The number of hydrogen-bond acceptors (Lipinski definition) is 2. The average molecular weight is 301 g/mol. The highest BCUT2D eigenvalue weighted by Crippen LogP contribution is 2.33. The molecule has 17 heavy (non-hydrogen) atoms. The number of halogens is 2. The van der Waals surface area contributed by atoms with Crippen LogP contribution in [0.2, 0.25) is 0 Å². The molecule has 0 spiro atoms. The SMILES string of the molecule is CCN1C(=O)C[C@H](N)[C@H]1c1ccc(F)c(Br)c1. The summed E-state index contributed by atoms with van der Waals surface area (Å²) in [6.07, 6.45) is 0.355. The number of likely N-dealkylation sites (N-methyl/N-ethyl adjacent to an activating group) is 1. The first-order chi connectivity index (χ1) is 8.04. The van der Waals surface area contributed by atoms with Crippen molar-refractivity contribution < 1.29 is 9.18 Å². The van der Waals surface area contributed by atoms with Gasteiger partial charge in [0, 0.05) is 19.0 Å². The van der Waals surface area contributed by atoms with Crippen LogP contribution in [0.3, 0.4) is 0 Å². The van der Waals surface area contributed by atoms with Crippen LogP contribution in [0.4, 0.5) is 4.39 Å². The fraction of sp³-hybridized carbons (Fsp3) is 0.417. The standard InChI is InChI=1S/C12H14BrFN2O/c1-2-16-11(17)6-10(15)12(16)7-3-4-9(14)8(13)5-7/h3-5,10,12H,2,6,15H2,1H3/t10-,12+/m0/s1. The molecule has 0 bridgehead atoms. The predicted octanol–water partition coefficient (Wildman–Crippen LogP) is 2.21. The molecular weight excluding hydrogens is 287 g/mol. The van der Waals surface area contributed by atoms with E-state index >= 15 is 0 Å². The number of nitrogens with two attached hydrogens (primary N) is 1. The molecular formula is C12H14BrFN2O. The van der Waals surface area contributed by atoms with E-state index in [1.165, 1.54) is 6.07 Å². The average Bonchev–Trinajstić information content (AvgIpc) is 2.57. The zero-order chi connectivity index (χ0) is 12.6. The van der Waals surface area contributed by atoms with Crippen molar-refractivity contribution in [3.63, 3.8) is 0 Å². The summed E-state index contributed by atoms with van der Waals surface area (Å²) in [6, 6.07) is 4.40. The molecule has 1 amide bonds. The predicted molar refractivity (Wildman–Crippen MR) is 66.8 cm³/mol. The highest BCUT2D eigenvalue weighted by molar-refractivity contribution is 9.10. The lowest BCUT2D eigenvalue weighted by Gasteiger charge is -2.26. The summed E-state index contributed by atoms with van der Waals surface area (Å²) in [6.45, 7) is 2.54. The minimum absolute atomic E-state index is 0.0606. The lowest BCUT2D eigenvalue weighted by Crippen LogP contribution is -2.32. The minimum Gasteiger partial charge on any atom is -0.334 e. The van der Waals surface area contributed by atoms with Gasteiger partial charge in [0.1, 0.15) is 5.82 Å². The van der Waals surface area contributed by atoms with E-state index in [2.05, 4.69) is 15.9 Å². The van der Waals surface area contributed by atoms with E-state index in [0.29, 0.717) is 17.4 Å². The summed E-state index contributed by atoms with van der Waals surface area (Å²) in [5, 5.41) is 0. The number of rotatable bonds is 2. The molecule has 5 heteroatoms. The van der Waals surface area contributed by atoms with Gasteiger partial charge in [-0.2, -0.15) is 0 Å². The molecule has 92 valence electrons. The second kappa shape index (κ2) is 4.74. The van der Waals surface area contributed by atoms with E-state index in [0.717, 1.165) is 5.56 Å². The molecule has 2 atom stereocenters. The smallest absolute Gasteiger partial charge is 0.224 e. The van der Waals surface area contributed by atoms with Gasteiger partial charge < -0.3 is 10.6 Å². The molecule has 1 heterocycles. The number of amides is 1. The first-order valence-electron chi connectivity index (χ1n) is 5.54. The van der Waals surface area contributed by atoms with Crippen molar-refractivity contribution in [2.45, 2.75) is 25.4 Å². The highest BCUT2D eigenvalue weighted by Gasteiger charge is 2.37. The topological polar surface area (TPSA) is 46.3 Å². The fourth-order valence-electron chi connectivity index (χ4n) is 2.31. The Hall–Kier alpha value is -0.940. The van der Waals surface area contributed by atoms with Crippen LogP contribution in [0.15, 0.2) is 22.7 Å². The Morgan fingerprint density at radius 1 is 1.59 bits per heavy atom. The van der Waals surface area contributed by atoms with Crippen LogP contribution in [0.1, 0.15) is 24.9 Å². The molecule has 0 unspecified atom stereocenters. The second-order valence-corrected chi connectivity index (χ2v) is 5.02. The third-order valence-corrected chi connectivity index (χ3v) is 3.71. The molecule has 2 N–H and O–H groups in total. The molecule has 0 aliphatic carbocycles. The van der Waals surface area contributed by atoms with Gasteiger partial charge in [-0.25, -0.2) is 4.39 Å². The molecule has 0 saturated carbocycles. The molecule has 0 aromatic heterocycles. The summed E-state index contributed by atoms with van der Waals surface area (Å²) in [5.41, 5.74) is 6.86. The lowest BCUT2D eigenvalue weighted by molar-refractivity contribution is -0.128. The van der Waals surface area contributed by atoms with Crippen molar-refractivity contribution in [1.82, 2.24) is 4.90 Å². The van der Waals surface area contributed by atoms with Gasteiger partial charge in [0.25, 0.3) is 0 Å². The van der Waals surface area contributed by atoms with Gasteiger partial charge in [0.2, 0.25) is 5.91 Å². The third-order valence-electron chi connectivity index (χ3n) is 3.10. The second-order valence-electron chi connectivity index (χ2n) is 4.17. The summed E-state index contributed by atoms with van der Waals surface area (Å²) in [4.78, 5) is 13.5. The zero-order valence-corrected chi connectivity index (χ0v) is 11.1. The number of carbonyl (C=O) groups is 1. The lowest BCUT2D eigenvalue weighted by atomic mass is 10.0. The van der Waals surface area contributed by atoms with E-state index in [9.17, 15) is 9.18 Å². The maximum atomic E-state index is 13.2. The molecule has 1 aliphatic rings. The van der Waals surface area contributed by atoms with Crippen LogP contribution >= 0.6 is 15.9 Å². The van der Waals surface area contributed by atoms with Crippen LogP contribution < -0.4 is 5.73 Å². The van der Waals surface area contributed by atoms with E-state index in [4.69, 9.17) is 5.73 Å². The van der Waals surface area contributed by atoms with Gasteiger partial charge in [0.15, 0.2) is 0 Å². The number of likely N-dealkylation sites (tertiary alicyclic amines) is 1. The van der Waals surface area contributed by atoms with Gasteiger partial charge >= 0.3 is 0 Å². The zero-order valence-electron chi connectivity index (χ0n) is 9.49. The Balaban J connectivity index is 2.37. The van der Waals surface area contributed by atoms with E-state index in [1.807, 2.05) is 6.92 Å². The van der Waals surface area contributed by atoms with Crippen LogP contribution in [-0.4, -0.2) is 23.4 Å². The Kier molecular flexibility index (Phi) is 3.49. The molecule has 3 nitrogen and oxygen atoms in total. The van der Waals surface area contributed by atoms with Crippen molar-refractivity contribution in [2.24, 2.45) is 5.73 Å². The summed E-state index contributed by atoms with van der Waals surface area (Å²) in [7, 11) is 0. The summed E-state index contributed by atoms with van der Waals surface area (Å²) < 4.78 is 13.6. The maximum absolute atomic E-state index is 13.2.